The molecule has 0 radical (unpaired) electrons. The molecule has 4 bridgehead atoms. The fraction of sp³-hybridized carbons (Fsp3) is 0.650. The lowest BCUT2D eigenvalue weighted by Gasteiger charge is -2.55. The zero-order chi connectivity index (χ0) is 16.3. The van der Waals surface area contributed by atoms with E-state index in [1.165, 1.54) is 19.3 Å². The fourth-order valence-electron chi connectivity index (χ4n) is 6.09. The summed E-state index contributed by atoms with van der Waals surface area (Å²) >= 11 is 0. The summed E-state index contributed by atoms with van der Waals surface area (Å²) in [4.78, 5) is 15.3. The first-order chi connectivity index (χ1) is 11.6. The monoisotopic (exact) mass is 326 g/mol. The molecule has 4 saturated carbocycles. The van der Waals surface area contributed by atoms with Crippen molar-refractivity contribution in [2.24, 2.45) is 23.2 Å². The van der Waals surface area contributed by atoms with E-state index < -0.39 is 0 Å². The number of likely N-dealkylation sites (N-methyl/N-ethyl adjacent to an activating group) is 1. The number of hydrogen-bond donors (Lipinski definition) is 1. The highest BCUT2D eigenvalue weighted by Crippen LogP contribution is 2.60. The Balaban J connectivity index is 1.37. The highest BCUT2D eigenvalue weighted by molar-refractivity contribution is 5.96. The number of anilines is 2. The number of nitrogens with zero attached hydrogens (tertiary/aromatic N) is 1. The van der Waals surface area contributed by atoms with E-state index in [-0.39, 0.29) is 11.3 Å². The molecular weight excluding hydrogens is 300 g/mol. The average molecular weight is 326 g/mol. The molecule has 0 spiro atoms. The van der Waals surface area contributed by atoms with Gasteiger partial charge in [0.15, 0.2) is 0 Å². The second-order valence-electron chi connectivity index (χ2n) is 8.60. The third-order valence-electron chi connectivity index (χ3n) is 6.83. The molecule has 1 aliphatic heterocycles. The summed E-state index contributed by atoms with van der Waals surface area (Å²) in [5, 5.41) is 3.23. The number of carbonyl (C=O) groups excluding carboxylic acids is 1. The summed E-state index contributed by atoms with van der Waals surface area (Å²) in [7, 11) is 2.08. The van der Waals surface area contributed by atoms with E-state index in [0.29, 0.717) is 6.61 Å². The second-order valence-corrected chi connectivity index (χ2v) is 8.60. The molecule has 4 aliphatic carbocycles. The molecular formula is C20H26N2O2. The first kappa shape index (κ1) is 14.6. The van der Waals surface area contributed by atoms with Crippen LogP contribution in [0.2, 0.25) is 0 Å². The minimum Gasteiger partial charge on any atom is -0.489 e. The van der Waals surface area contributed by atoms with Gasteiger partial charge in [-0.05, 0) is 68.4 Å². The number of benzene rings is 1. The number of ether oxygens (including phenoxy) is 1. The maximum atomic E-state index is 13.1. The van der Waals surface area contributed by atoms with Crippen molar-refractivity contribution in [1.29, 1.82) is 0 Å². The predicted octanol–water partition coefficient (Wildman–Crippen LogP) is 3.67. The molecule has 0 aromatic heterocycles. The highest BCUT2D eigenvalue weighted by atomic mass is 16.5. The van der Waals surface area contributed by atoms with Crippen LogP contribution >= 0.6 is 0 Å². The van der Waals surface area contributed by atoms with Crippen molar-refractivity contribution in [3.63, 3.8) is 0 Å². The van der Waals surface area contributed by atoms with Crippen molar-refractivity contribution in [2.45, 2.75) is 38.5 Å². The molecule has 4 heteroatoms. The SMILES string of the molecule is CN1CCOc2cc(NC(=O)C34CC5CC(CC(C5)C3)C4)ccc21. The second kappa shape index (κ2) is 5.14. The van der Waals surface area contributed by atoms with E-state index in [4.69, 9.17) is 4.74 Å². The molecule has 1 aromatic carbocycles. The van der Waals surface area contributed by atoms with Gasteiger partial charge in [0.2, 0.25) is 5.91 Å². The first-order valence-corrected chi connectivity index (χ1v) is 9.41. The lowest BCUT2D eigenvalue weighted by Crippen LogP contribution is -2.51. The summed E-state index contributed by atoms with van der Waals surface area (Å²) in [5.41, 5.74) is 1.89. The Morgan fingerprint density at radius 1 is 1.17 bits per heavy atom. The van der Waals surface area contributed by atoms with Crippen LogP contribution < -0.4 is 15.0 Å². The molecule has 128 valence electrons. The average Bonchev–Trinajstić information content (AvgIpc) is 2.53. The smallest absolute Gasteiger partial charge is 0.230 e. The van der Waals surface area contributed by atoms with Crippen molar-refractivity contribution in [3.05, 3.63) is 18.2 Å². The van der Waals surface area contributed by atoms with Crippen LogP contribution in [-0.2, 0) is 4.79 Å². The van der Waals surface area contributed by atoms with Gasteiger partial charge in [-0.25, -0.2) is 0 Å². The Bertz CT molecular complexity index is 649. The zero-order valence-corrected chi connectivity index (χ0v) is 14.4. The number of rotatable bonds is 2. The summed E-state index contributed by atoms with van der Waals surface area (Å²) in [5.74, 6) is 3.52. The molecule has 5 aliphatic rings. The number of fused-ring (bicyclic) bond motifs is 1. The minimum atomic E-state index is -0.0949. The zero-order valence-electron chi connectivity index (χ0n) is 14.4. The van der Waals surface area contributed by atoms with Crippen molar-refractivity contribution in [2.75, 3.05) is 30.4 Å². The maximum absolute atomic E-state index is 13.1. The van der Waals surface area contributed by atoms with E-state index in [0.717, 1.165) is 60.7 Å². The molecule has 0 atom stereocenters. The van der Waals surface area contributed by atoms with Crippen molar-refractivity contribution in [3.8, 4) is 5.75 Å². The number of carbonyl (C=O) groups is 1. The van der Waals surface area contributed by atoms with Gasteiger partial charge in [-0.2, -0.15) is 0 Å². The lowest BCUT2D eigenvalue weighted by molar-refractivity contribution is -0.140. The van der Waals surface area contributed by atoms with Gasteiger partial charge < -0.3 is 15.0 Å². The van der Waals surface area contributed by atoms with Crippen LogP contribution in [-0.4, -0.2) is 26.1 Å². The Morgan fingerprint density at radius 3 is 2.50 bits per heavy atom. The molecule has 1 N–H and O–H groups in total. The van der Waals surface area contributed by atoms with Gasteiger partial charge in [-0.3, -0.25) is 4.79 Å². The summed E-state index contributed by atoms with van der Waals surface area (Å²) in [6.07, 6.45) is 7.42. The van der Waals surface area contributed by atoms with E-state index in [2.05, 4.69) is 23.3 Å². The topological polar surface area (TPSA) is 41.6 Å². The van der Waals surface area contributed by atoms with Gasteiger partial charge >= 0.3 is 0 Å². The van der Waals surface area contributed by atoms with Crippen molar-refractivity contribution >= 4 is 17.3 Å². The number of hydrogen-bond acceptors (Lipinski definition) is 3. The Kier molecular flexibility index (Phi) is 3.13. The summed E-state index contributed by atoms with van der Waals surface area (Å²) < 4.78 is 5.77. The summed E-state index contributed by atoms with van der Waals surface area (Å²) in [6.45, 7) is 1.61. The van der Waals surface area contributed by atoms with Crippen LogP contribution in [0.3, 0.4) is 0 Å². The van der Waals surface area contributed by atoms with Gasteiger partial charge in [0.05, 0.1) is 17.6 Å². The minimum absolute atomic E-state index is 0.0949. The predicted molar refractivity (Wildman–Crippen MR) is 94.4 cm³/mol. The maximum Gasteiger partial charge on any atom is 0.230 e. The Morgan fingerprint density at radius 2 is 1.83 bits per heavy atom. The van der Waals surface area contributed by atoms with Gasteiger partial charge in [0.1, 0.15) is 12.4 Å². The van der Waals surface area contributed by atoms with Gasteiger partial charge in [0, 0.05) is 18.8 Å². The van der Waals surface area contributed by atoms with Crippen LogP contribution in [0, 0.1) is 23.2 Å². The largest absolute Gasteiger partial charge is 0.489 e. The van der Waals surface area contributed by atoms with Gasteiger partial charge in [-0.1, -0.05) is 0 Å². The quantitative estimate of drug-likeness (QED) is 0.901. The first-order valence-electron chi connectivity index (χ1n) is 9.41. The van der Waals surface area contributed by atoms with E-state index in [1.54, 1.807) is 0 Å². The van der Waals surface area contributed by atoms with E-state index in [9.17, 15) is 4.79 Å². The van der Waals surface area contributed by atoms with Crippen LogP contribution in [0.4, 0.5) is 11.4 Å². The third kappa shape index (κ3) is 2.22. The Hall–Kier alpha value is -1.71. The molecule has 6 rings (SSSR count). The van der Waals surface area contributed by atoms with E-state index in [1.807, 2.05) is 12.1 Å². The van der Waals surface area contributed by atoms with Crippen LogP contribution in [0.25, 0.3) is 0 Å². The number of nitrogens with one attached hydrogen (secondary N) is 1. The van der Waals surface area contributed by atoms with Crippen molar-refractivity contribution < 1.29 is 9.53 Å². The van der Waals surface area contributed by atoms with Crippen LogP contribution in [0.5, 0.6) is 5.75 Å². The molecule has 1 amide bonds. The molecule has 24 heavy (non-hydrogen) atoms. The van der Waals surface area contributed by atoms with Crippen LogP contribution in [0.1, 0.15) is 38.5 Å². The van der Waals surface area contributed by atoms with E-state index >= 15 is 0 Å². The fourth-order valence-corrected chi connectivity index (χ4v) is 6.09. The summed E-state index contributed by atoms with van der Waals surface area (Å²) in [6, 6.07) is 6.07. The number of amides is 1. The highest BCUT2D eigenvalue weighted by Gasteiger charge is 2.54. The Labute approximate surface area is 143 Å². The molecule has 1 aromatic rings. The normalized spacial score (nSPS) is 36.2. The lowest BCUT2D eigenvalue weighted by atomic mass is 9.49. The van der Waals surface area contributed by atoms with Crippen LogP contribution in [0.15, 0.2) is 18.2 Å². The van der Waals surface area contributed by atoms with Gasteiger partial charge in [0.25, 0.3) is 0 Å². The molecule has 0 unspecified atom stereocenters. The molecule has 1 heterocycles. The molecule has 0 saturated heterocycles. The van der Waals surface area contributed by atoms with Crippen molar-refractivity contribution in [1.82, 2.24) is 0 Å². The standard InChI is InChI=1S/C20H26N2O2/c1-22-4-5-24-18-9-16(2-3-17(18)22)21-19(23)20-10-13-6-14(11-20)8-15(7-13)12-20/h2-3,9,13-15H,4-8,10-12H2,1H3,(H,21,23). The molecule has 4 fully saturated rings. The molecule has 4 nitrogen and oxygen atoms in total. The van der Waals surface area contributed by atoms with Gasteiger partial charge in [-0.15, -0.1) is 0 Å². The third-order valence-corrected chi connectivity index (χ3v) is 6.83.